The van der Waals surface area contributed by atoms with Crippen molar-refractivity contribution in [3.63, 3.8) is 0 Å². The summed E-state index contributed by atoms with van der Waals surface area (Å²) in [5, 5.41) is 0. The van der Waals surface area contributed by atoms with Gasteiger partial charge in [0.2, 0.25) is 0 Å². The zero-order valence-corrected chi connectivity index (χ0v) is 12.3. The lowest BCUT2D eigenvalue weighted by Gasteiger charge is -2.05. The number of hydrogen-bond acceptors (Lipinski definition) is 2. The minimum absolute atomic E-state index is 0.206. The van der Waals surface area contributed by atoms with Crippen molar-refractivity contribution in [2.45, 2.75) is 19.8 Å². The van der Waals surface area contributed by atoms with Gasteiger partial charge in [-0.05, 0) is 43.2 Å². The van der Waals surface area contributed by atoms with Gasteiger partial charge in [0.05, 0.1) is 0 Å². The molecular formula is C16H15BrO2. The minimum Gasteiger partial charge on any atom is -0.427 e. The standard InChI is InChI=1S/C16H15BrO2/c1-12-2-4-13(5-3-12)6-11-16(18)19-15-9-7-14(17)8-10-15/h2-5,7-10H,6,11H2,1H3. The van der Waals surface area contributed by atoms with Crippen LogP contribution in [0.2, 0.25) is 0 Å². The first-order valence-electron chi connectivity index (χ1n) is 6.15. The average Bonchev–Trinajstić information content (AvgIpc) is 2.41. The molecule has 0 aliphatic heterocycles. The van der Waals surface area contributed by atoms with Gasteiger partial charge in [0.25, 0.3) is 0 Å². The van der Waals surface area contributed by atoms with E-state index in [1.54, 1.807) is 12.1 Å². The van der Waals surface area contributed by atoms with Gasteiger partial charge >= 0.3 is 5.97 Å². The largest absolute Gasteiger partial charge is 0.427 e. The van der Waals surface area contributed by atoms with E-state index in [-0.39, 0.29) is 5.97 Å². The molecule has 2 aromatic rings. The summed E-state index contributed by atoms with van der Waals surface area (Å²) in [5.74, 6) is 0.375. The Hall–Kier alpha value is -1.61. The molecule has 0 radical (unpaired) electrons. The fourth-order valence-corrected chi connectivity index (χ4v) is 1.95. The summed E-state index contributed by atoms with van der Waals surface area (Å²) in [4.78, 5) is 11.7. The highest BCUT2D eigenvalue weighted by Gasteiger charge is 2.05. The Kier molecular flexibility index (Phi) is 4.74. The number of aryl methyl sites for hydroxylation is 2. The van der Waals surface area contributed by atoms with E-state index in [0.717, 1.165) is 10.0 Å². The van der Waals surface area contributed by atoms with Crippen molar-refractivity contribution in [3.8, 4) is 5.75 Å². The smallest absolute Gasteiger partial charge is 0.311 e. The lowest BCUT2D eigenvalue weighted by Crippen LogP contribution is -2.08. The molecule has 98 valence electrons. The second-order valence-corrected chi connectivity index (χ2v) is 5.33. The molecule has 0 unspecified atom stereocenters. The van der Waals surface area contributed by atoms with Crippen LogP contribution in [0.25, 0.3) is 0 Å². The monoisotopic (exact) mass is 318 g/mol. The van der Waals surface area contributed by atoms with Crippen molar-refractivity contribution in [1.82, 2.24) is 0 Å². The number of benzene rings is 2. The Labute approximate surface area is 121 Å². The number of hydrogen-bond donors (Lipinski definition) is 0. The lowest BCUT2D eigenvalue weighted by atomic mass is 10.1. The molecule has 19 heavy (non-hydrogen) atoms. The third-order valence-corrected chi connectivity index (χ3v) is 3.31. The Balaban J connectivity index is 1.84. The third kappa shape index (κ3) is 4.52. The summed E-state index contributed by atoms with van der Waals surface area (Å²) in [6.45, 7) is 2.05. The molecule has 0 heterocycles. The van der Waals surface area contributed by atoms with Gasteiger partial charge in [0, 0.05) is 10.9 Å². The van der Waals surface area contributed by atoms with Gasteiger partial charge in [0.15, 0.2) is 0 Å². The van der Waals surface area contributed by atoms with E-state index in [2.05, 4.69) is 28.1 Å². The summed E-state index contributed by atoms with van der Waals surface area (Å²) < 4.78 is 6.22. The molecular weight excluding hydrogens is 304 g/mol. The average molecular weight is 319 g/mol. The van der Waals surface area contributed by atoms with Gasteiger partial charge in [-0.2, -0.15) is 0 Å². The van der Waals surface area contributed by atoms with Gasteiger partial charge in [-0.1, -0.05) is 45.8 Å². The number of ether oxygens (including phenoxy) is 1. The zero-order valence-electron chi connectivity index (χ0n) is 10.7. The maximum atomic E-state index is 11.7. The highest BCUT2D eigenvalue weighted by molar-refractivity contribution is 9.10. The molecule has 0 saturated heterocycles. The van der Waals surface area contributed by atoms with Crippen molar-refractivity contribution in [2.24, 2.45) is 0 Å². The molecule has 0 amide bonds. The van der Waals surface area contributed by atoms with Crippen LogP contribution in [0, 0.1) is 6.92 Å². The maximum Gasteiger partial charge on any atom is 0.311 e. The Bertz CT molecular complexity index is 544. The molecule has 0 atom stereocenters. The van der Waals surface area contributed by atoms with Crippen LogP contribution >= 0.6 is 15.9 Å². The van der Waals surface area contributed by atoms with Crippen molar-refractivity contribution < 1.29 is 9.53 Å². The summed E-state index contributed by atoms with van der Waals surface area (Å²) in [6, 6.07) is 15.4. The van der Waals surface area contributed by atoms with Gasteiger partial charge in [-0.3, -0.25) is 4.79 Å². The highest BCUT2D eigenvalue weighted by atomic mass is 79.9. The molecule has 0 bridgehead atoms. The fraction of sp³-hybridized carbons (Fsp3) is 0.188. The molecule has 3 heteroatoms. The van der Waals surface area contributed by atoms with Crippen LogP contribution in [0.15, 0.2) is 53.0 Å². The van der Waals surface area contributed by atoms with Crippen molar-refractivity contribution in [2.75, 3.05) is 0 Å². The quantitative estimate of drug-likeness (QED) is 0.620. The normalized spacial score (nSPS) is 10.2. The van der Waals surface area contributed by atoms with Crippen LogP contribution in [0.5, 0.6) is 5.75 Å². The molecule has 0 aliphatic carbocycles. The molecule has 0 N–H and O–H groups in total. The molecule has 0 fully saturated rings. The molecule has 0 aromatic heterocycles. The maximum absolute atomic E-state index is 11.7. The Morgan fingerprint density at radius 1 is 1.05 bits per heavy atom. The lowest BCUT2D eigenvalue weighted by molar-refractivity contribution is -0.134. The molecule has 2 nitrogen and oxygen atoms in total. The van der Waals surface area contributed by atoms with E-state index in [1.165, 1.54) is 5.56 Å². The summed E-state index contributed by atoms with van der Waals surface area (Å²) >= 11 is 3.34. The predicted octanol–water partition coefficient (Wildman–Crippen LogP) is 4.30. The first-order chi connectivity index (χ1) is 9.13. The number of rotatable bonds is 4. The van der Waals surface area contributed by atoms with Crippen molar-refractivity contribution in [3.05, 3.63) is 64.1 Å². The number of esters is 1. The molecule has 0 aliphatic rings. The van der Waals surface area contributed by atoms with E-state index in [1.807, 2.05) is 31.2 Å². The highest BCUT2D eigenvalue weighted by Crippen LogP contribution is 2.17. The van der Waals surface area contributed by atoms with Gasteiger partial charge in [-0.15, -0.1) is 0 Å². The fourth-order valence-electron chi connectivity index (χ4n) is 1.69. The number of carbonyl (C=O) groups is 1. The second-order valence-electron chi connectivity index (χ2n) is 4.41. The van der Waals surface area contributed by atoms with E-state index in [4.69, 9.17) is 4.74 Å². The Morgan fingerprint density at radius 3 is 2.32 bits per heavy atom. The predicted molar refractivity (Wildman–Crippen MR) is 79.3 cm³/mol. The van der Waals surface area contributed by atoms with Crippen LogP contribution < -0.4 is 4.74 Å². The summed E-state index contributed by atoms with van der Waals surface area (Å²) in [7, 11) is 0. The van der Waals surface area contributed by atoms with Crippen LogP contribution in [0.1, 0.15) is 17.5 Å². The van der Waals surface area contributed by atoms with E-state index < -0.39 is 0 Å². The number of carbonyl (C=O) groups excluding carboxylic acids is 1. The first-order valence-corrected chi connectivity index (χ1v) is 6.94. The van der Waals surface area contributed by atoms with Crippen molar-refractivity contribution in [1.29, 1.82) is 0 Å². The van der Waals surface area contributed by atoms with Gasteiger partial charge in [0.1, 0.15) is 5.75 Å². The van der Waals surface area contributed by atoms with E-state index in [9.17, 15) is 4.79 Å². The molecule has 0 spiro atoms. The minimum atomic E-state index is -0.206. The van der Waals surface area contributed by atoms with E-state index >= 15 is 0 Å². The van der Waals surface area contributed by atoms with Crippen LogP contribution in [0.4, 0.5) is 0 Å². The van der Waals surface area contributed by atoms with Gasteiger partial charge < -0.3 is 4.74 Å². The van der Waals surface area contributed by atoms with Crippen LogP contribution in [-0.2, 0) is 11.2 Å². The second kappa shape index (κ2) is 6.53. The SMILES string of the molecule is Cc1ccc(CCC(=O)Oc2ccc(Br)cc2)cc1. The molecule has 0 saturated carbocycles. The van der Waals surface area contributed by atoms with E-state index in [0.29, 0.717) is 18.6 Å². The molecule has 2 aromatic carbocycles. The van der Waals surface area contributed by atoms with Crippen molar-refractivity contribution >= 4 is 21.9 Å². The molecule has 2 rings (SSSR count). The summed E-state index contributed by atoms with van der Waals surface area (Å²) in [6.07, 6.45) is 1.09. The Morgan fingerprint density at radius 2 is 1.68 bits per heavy atom. The van der Waals surface area contributed by atoms with Gasteiger partial charge in [-0.25, -0.2) is 0 Å². The first kappa shape index (κ1) is 13.8. The summed E-state index contributed by atoms with van der Waals surface area (Å²) in [5.41, 5.74) is 2.37. The van der Waals surface area contributed by atoms with Crippen LogP contribution in [0.3, 0.4) is 0 Å². The zero-order chi connectivity index (χ0) is 13.7. The topological polar surface area (TPSA) is 26.3 Å². The van der Waals surface area contributed by atoms with Crippen LogP contribution in [-0.4, -0.2) is 5.97 Å². The third-order valence-electron chi connectivity index (χ3n) is 2.78. The number of halogens is 1.